The van der Waals surface area contributed by atoms with Crippen LogP contribution >= 0.6 is 0 Å². The predicted octanol–water partition coefficient (Wildman–Crippen LogP) is 6.75. The van der Waals surface area contributed by atoms with Gasteiger partial charge in [0.1, 0.15) is 0 Å². The van der Waals surface area contributed by atoms with Crippen LogP contribution in [0.15, 0.2) is 30.3 Å². The average molecular weight is 708 g/mol. The lowest BCUT2D eigenvalue weighted by atomic mass is 9.41. The van der Waals surface area contributed by atoms with Crippen molar-refractivity contribution < 1.29 is 34.0 Å². The number of morpholine rings is 1. The molecule has 8 nitrogen and oxygen atoms in total. The zero-order chi connectivity index (χ0) is 36.4. The van der Waals surface area contributed by atoms with Crippen molar-refractivity contribution in [3.63, 3.8) is 0 Å². The number of benzene rings is 1. The fraction of sp³-hybridized carbons (Fsp3) is 0.837. The monoisotopic (exact) mass is 707 g/mol. The lowest BCUT2D eigenvalue weighted by Gasteiger charge is -2.64. The number of aliphatic hydroxyl groups excluding tert-OH is 1. The molecule has 2 spiro atoms. The summed E-state index contributed by atoms with van der Waals surface area (Å²) in [5, 5.41) is 23.7. The molecule has 14 atom stereocenters. The van der Waals surface area contributed by atoms with Crippen LogP contribution in [0.3, 0.4) is 0 Å². The first kappa shape index (κ1) is 36.4. The molecule has 0 aromatic heterocycles. The van der Waals surface area contributed by atoms with Gasteiger partial charge in [0, 0.05) is 32.0 Å². The van der Waals surface area contributed by atoms with Crippen molar-refractivity contribution in [1.29, 1.82) is 0 Å². The summed E-state index contributed by atoms with van der Waals surface area (Å²) in [5.74, 6) is 1.10. The number of carbonyl (C=O) groups is 1. The Morgan fingerprint density at radius 1 is 1.04 bits per heavy atom. The van der Waals surface area contributed by atoms with Gasteiger partial charge >= 0.3 is 5.97 Å². The molecule has 8 rings (SSSR count). The van der Waals surface area contributed by atoms with Gasteiger partial charge in [-0.3, -0.25) is 9.69 Å². The highest BCUT2D eigenvalue weighted by Crippen LogP contribution is 2.89. The van der Waals surface area contributed by atoms with Gasteiger partial charge in [0.15, 0.2) is 12.4 Å². The standard InChI is InChI=1S/C43H65NO7/c1-26-22-29(37(39(5,6)47)49-27(2)45)50-35-34(26)40(7)18-19-43-25-42(43)17-16-32(38(3,4)30(42)14-15-31(43)41(40,8)36(35)46)51-33-24-44(20-21-48-33)23-28-12-10-9-11-13-28/h9-13,26,29-37,46-47H,14-25H2,1-8H3/t26-,29?,30+,31?,32+,33+,34+,35?,36+,37+,40-,41-,42-,43?/m1/s1. The molecule has 51 heavy (non-hydrogen) atoms. The van der Waals surface area contributed by atoms with E-state index in [-0.39, 0.29) is 52.0 Å². The van der Waals surface area contributed by atoms with Gasteiger partial charge in [-0.2, -0.15) is 0 Å². The smallest absolute Gasteiger partial charge is 0.303 e. The molecular weight excluding hydrogens is 642 g/mol. The van der Waals surface area contributed by atoms with E-state index in [1.165, 1.54) is 38.2 Å². The number of esters is 1. The van der Waals surface area contributed by atoms with E-state index in [0.29, 0.717) is 30.3 Å². The van der Waals surface area contributed by atoms with Crippen LogP contribution in [0.2, 0.25) is 0 Å². The minimum Gasteiger partial charge on any atom is -0.457 e. The van der Waals surface area contributed by atoms with Gasteiger partial charge in [0.25, 0.3) is 0 Å². The van der Waals surface area contributed by atoms with Gasteiger partial charge in [-0.15, -0.1) is 0 Å². The van der Waals surface area contributed by atoms with E-state index >= 15 is 0 Å². The maximum atomic E-state index is 12.6. The number of rotatable bonds is 7. The second kappa shape index (κ2) is 12.2. The summed E-state index contributed by atoms with van der Waals surface area (Å²) in [5.41, 5.74) is 0.341. The van der Waals surface area contributed by atoms with Crippen molar-refractivity contribution in [2.45, 2.75) is 156 Å². The first-order chi connectivity index (χ1) is 24.0. The van der Waals surface area contributed by atoms with Crippen LogP contribution in [0, 0.1) is 50.7 Å². The average Bonchev–Trinajstić information content (AvgIpc) is 3.70. The molecule has 0 bridgehead atoms. The Balaban J connectivity index is 1.00. The zero-order valence-electron chi connectivity index (χ0n) is 32.5. The highest BCUT2D eigenvalue weighted by Gasteiger charge is 2.84. The van der Waals surface area contributed by atoms with Gasteiger partial charge in [0.05, 0.1) is 36.6 Å². The van der Waals surface area contributed by atoms with E-state index in [1.807, 2.05) is 0 Å². The Morgan fingerprint density at radius 3 is 2.45 bits per heavy atom. The van der Waals surface area contributed by atoms with Gasteiger partial charge < -0.3 is 29.2 Å². The number of fused-ring (bicyclic) bond motifs is 4. The van der Waals surface area contributed by atoms with Gasteiger partial charge in [0.2, 0.25) is 0 Å². The number of aliphatic hydroxyl groups is 2. The number of carbonyl (C=O) groups excluding carboxylic acids is 1. The quantitative estimate of drug-likeness (QED) is 0.301. The molecule has 0 amide bonds. The Kier molecular flexibility index (Phi) is 8.73. The Bertz CT molecular complexity index is 1480. The van der Waals surface area contributed by atoms with Gasteiger partial charge in [-0.1, -0.05) is 65.0 Å². The van der Waals surface area contributed by atoms with Gasteiger partial charge in [-0.05, 0) is 116 Å². The minimum absolute atomic E-state index is 0.0371. The second-order valence-corrected chi connectivity index (χ2v) is 19.9. The normalized spacial score (nSPS) is 47.9. The largest absolute Gasteiger partial charge is 0.457 e. The van der Waals surface area contributed by atoms with E-state index < -0.39 is 29.9 Å². The maximum absolute atomic E-state index is 12.6. The van der Waals surface area contributed by atoms with Gasteiger partial charge in [-0.25, -0.2) is 0 Å². The highest BCUT2D eigenvalue weighted by atomic mass is 16.7. The van der Waals surface area contributed by atoms with Crippen molar-refractivity contribution in [2.24, 2.45) is 50.7 Å². The number of hydrogen-bond acceptors (Lipinski definition) is 8. The van der Waals surface area contributed by atoms with Crippen molar-refractivity contribution in [2.75, 3.05) is 19.7 Å². The lowest BCUT2D eigenvalue weighted by Crippen LogP contribution is -2.60. The zero-order valence-corrected chi connectivity index (χ0v) is 32.5. The molecule has 7 aliphatic rings. The summed E-state index contributed by atoms with van der Waals surface area (Å²) >= 11 is 0. The van der Waals surface area contributed by atoms with Crippen LogP contribution in [0.25, 0.3) is 0 Å². The molecule has 5 aliphatic carbocycles. The van der Waals surface area contributed by atoms with Crippen LogP contribution in [-0.2, 0) is 30.3 Å². The van der Waals surface area contributed by atoms with E-state index in [2.05, 4.69) is 69.9 Å². The second-order valence-electron chi connectivity index (χ2n) is 19.9. The number of nitrogens with zero attached hydrogens (tertiary/aromatic N) is 1. The Morgan fingerprint density at radius 2 is 1.75 bits per heavy atom. The molecule has 5 saturated carbocycles. The molecule has 4 unspecified atom stereocenters. The molecule has 1 aromatic rings. The molecule has 2 N–H and O–H groups in total. The molecule has 7 fully saturated rings. The Hall–Kier alpha value is -1.55. The van der Waals surface area contributed by atoms with Crippen molar-refractivity contribution >= 4 is 5.97 Å². The predicted molar refractivity (Wildman–Crippen MR) is 194 cm³/mol. The van der Waals surface area contributed by atoms with Crippen LogP contribution < -0.4 is 0 Å². The number of hydrogen-bond donors (Lipinski definition) is 2. The molecule has 0 radical (unpaired) electrons. The topological polar surface area (TPSA) is 97.7 Å². The molecular formula is C43H65NO7. The summed E-state index contributed by atoms with van der Waals surface area (Å²) in [6.45, 7) is 20.3. The molecule has 1 aromatic carbocycles. The molecule has 284 valence electrons. The summed E-state index contributed by atoms with van der Waals surface area (Å²) in [6, 6.07) is 10.7. The minimum atomic E-state index is -1.25. The maximum Gasteiger partial charge on any atom is 0.303 e. The molecule has 2 aliphatic heterocycles. The van der Waals surface area contributed by atoms with Crippen molar-refractivity contribution in [3.05, 3.63) is 35.9 Å². The third kappa shape index (κ3) is 5.30. The highest BCUT2D eigenvalue weighted by molar-refractivity contribution is 5.66. The van der Waals surface area contributed by atoms with Crippen LogP contribution in [-0.4, -0.2) is 83.2 Å². The summed E-state index contributed by atoms with van der Waals surface area (Å²) in [4.78, 5) is 14.6. The lowest BCUT2D eigenvalue weighted by molar-refractivity contribution is -0.249. The van der Waals surface area contributed by atoms with E-state index in [9.17, 15) is 15.0 Å². The van der Waals surface area contributed by atoms with E-state index in [1.54, 1.807) is 13.8 Å². The fourth-order valence-corrected chi connectivity index (χ4v) is 14.5. The summed E-state index contributed by atoms with van der Waals surface area (Å²) < 4.78 is 25.8. The first-order valence-corrected chi connectivity index (χ1v) is 20.2. The summed E-state index contributed by atoms with van der Waals surface area (Å²) in [7, 11) is 0. The van der Waals surface area contributed by atoms with Crippen molar-refractivity contribution in [1.82, 2.24) is 4.90 Å². The molecule has 2 heterocycles. The van der Waals surface area contributed by atoms with Crippen LogP contribution in [0.4, 0.5) is 0 Å². The number of ether oxygens (including phenoxy) is 4. The van der Waals surface area contributed by atoms with Crippen molar-refractivity contribution in [3.8, 4) is 0 Å². The van der Waals surface area contributed by atoms with Crippen LogP contribution in [0.5, 0.6) is 0 Å². The fourth-order valence-electron chi connectivity index (χ4n) is 14.5. The first-order valence-electron chi connectivity index (χ1n) is 20.2. The molecule has 2 saturated heterocycles. The summed E-state index contributed by atoms with van der Waals surface area (Å²) in [6.07, 6.45) is 6.66. The molecule has 8 heteroatoms. The van der Waals surface area contributed by atoms with E-state index in [0.717, 1.165) is 38.9 Å². The SMILES string of the molecule is CC(=O)O[C@@H](C1C[C@@H](C)[C@H]2C(O1)[C@H](O)[C@@]1(C)C3CC[C@H]4C(C)(C)[C@@H](O[C@H]5CN(Cc6ccccc6)CCO5)CC[C@@]45CC35CC[C@]21C)C(C)(C)O. The Labute approximate surface area is 306 Å². The third-order valence-electron chi connectivity index (χ3n) is 16.8. The van der Waals surface area contributed by atoms with E-state index in [4.69, 9.17) is 18.9 Å². The third-order valence-corrected chi connectivity index (χ3v) is 16.8. The van der Waals surface area contributed by atoms with Crippen LogP contribution in [0.1, 0.15) is 112 Å².